The molecule has 0 amide bonds. The van der Waals surface area contributed by atoms with Crippen LogP contribution in [0.3, 0.4) is 0 Å². The highest BCUT2D eigenvalue weighted by atomic mass is 79.9. The van der Waals surface area contributed by atoms with Crippen LogP contribution in [0, 0.1) is 5.92 Å². The van der Waals surface area contributed by atoms with E-state index >= 15 is 0 Å². The van der Waals surface area contributed by atoms with E-state index in [0.29, 0.717) is 5.92 Å². The number of rotatable bonds is 4. The van der Waals surface area contributed by atoms with Crippen molar-refractivity contribution >= 4 is 31.9 Å². The summed E-state index contributed by atoms with van der Waals surface area (Å²) in [6.07, 6.45) is 2.22. The molecule has 0 spiro atoms. The predicted molar refractivity (Wildman–Crippen MR) is 72.8 cm³/mol. The maximum Gasteiger partial charge on any atom is 0.0298 e. The fourth-order valence-corrected chi connectivity index (χ4v) is 2.85. The van der Waals surface area contributed by atoms with Crippen LogP contribution >= 0.6 is 31.9 Å². The van der Waals surface area contributed by atoms with Crippen molar-refractivity contribution < 1.29 is 0 Å². The van der Waals surface area contributed by atoms with E-state index in [1.54, 1.807) is 0 Å². The molecule has 3 heteroatoms. The van der Waals surface area contributed by atoms with Gasteiger partial charge in [-0.3, -0.25) is 0 Å². The molecule has 0 aliphatic carbocycles. The summed E-state index contributed by atoms with van der Waals surface area (Å²) in [5.74, 6) is 0.678. The molecule has 2 atom stereocenters. The zero-order valence-corrected chi connectivity index (χ0v) is 12.3. The van der Waals surface area contributed by atoms with Crippen molar-refractivity contribution in [1.82, 2.24) is 0 Å². The first kappa shape index (κ1) is 13.2. The standard InChI is InChI=1S/C12H17Br2N/c1-3-8(2)4-12(15)9-5-10(13)7-11(14)6-9/h5-8,12H,3-4,15H2,1-2H3. The quantitative estimate of drug-likeness (QED) is 0.852. The summed E-state index contributed by atoms with van der Waals surface area (Å²) in [7, 11) is 0. The summed E-state index contributed by atoms with van der Waals surface area (Å²) in [4.78, 5) is 0. The van der Waals surface area contributed by atoms with Crippen molar-refractivity contribution in [3.05, 3.63) is 32.7 Å². The minimum Gasteiger partial charge on any atom is -0.324 e. The average molecular weight is 335 g/mol. The Morgan fingerprint density at radius 2 is 1.73 bits per heavy atom. The predicted octanol–water partition coefficient (Wildman–Crippen LogP) is 4.65. The van der Waals surface area contributed by atoms with Gasteiger partial charge in [-0.25, -0.2) is 0 Å². The molecule has 1 aromatic rings. The van der Waals surface area contributed by atoms with Gasteiger partial charge in [0.25, 0.3) is 0 Å². The number of benzene rings is 1. The molecule has 84 valence electrons. The number of hydrogen-bond acceptors (Lipinski definition) is 1. The normalized spacial score (nSPS) is 15.0. The minimum absolute atomic E-state index is 0.133. The molecule has 0 aromatic heterocycles. The smallest absolute Gasteiger partial charge is 0.0298 e. The van der Waals surface area contributed by atoms with E-state index in [1.807, 2.05) is 6.07 Å². The van der Waals surface area contributed by atoms with Crippen LogP contribution in [-0.4, -0.2) is 0 Å². The Balaban J connectivity index is 2.77. The fraction of sp³-hybridized carbons (Fsp3) is 0.500. The first-order chi connectivity index (χ1) is 7.02. The largest absolute Gasteiger partial charge is 0.324 e. The van der Waals surface area contributed by atoms with Crippen molar-refractivity contribution in [2.24, 2.45) is 11.7 Å². The van der Waals surface area contributed by atoms with Crippen LogP contribution in [0.15, 0.2) is 27.1 Å². The third-order valence-corrected chi connectivity index (χ3v) is 3.58. The third-order valence-electron chi connectivity index (χ3n) is 2.67. The molecule has 2 unspecified atom stereocenters. The van der Waals surface area contributed by atoms with E-state index in [4.69, 9.17) is 5.73 Å². The van der Waals surface area contributed by atoms with Crippen LogP contribution < -0.4 is 5.73 Å². The van der Waals surface area contributed by atoms with E-state index in [2.05, 4.69) is 57.8 Å². The van der Waals surface area contributed by atoms with Gasteiger partial charge in [0.2, 0.25) is 0 Å². The van der Waals surface area contributed by atoms with Gasteiger partial charge >= 0.3 is 0 Å². The second-order valence-electron chi connectivity index (χ2n) is 4.06. The molecule has 0 radical (unpaired) electrons. The maximum atomic E-state index is 6.17. The summed E-state index contributed by atoms with van der Waals surface area (Å²) in [5, 5.41) is 0. The van der Waals surface area contributed by atoms with Crippen molar-refractivity contribution in [1.29, 1.82) is 0 Å². The molecule has 0 heterocycles. The van der Waals surface area contributed by atoms with Gasteiger partial charge < -0.3 is 5.73 Å². The Morgan fingerprint density at radius 3 is 2.20 bits per heavy atom. The zero-order chi connectivity index (χ0) is 11.4. The van der Waals surface area contributed by atoms with Crippen LogP contribution in [0.2, 0.25) is 0 Å². The number of nitrogens with two attached hydrogens (primary N) is 1. The second kappa shape index (κ2) is 6.02. The van der Waals surface area contributed by atoms with Crippen LogP contribution in [0.4, 0.5) is 0 Å². The molecule has 1 aromatic carbocycles. The molecular formula is C12H17Br2N. The van der Waals surface area contributed by atoms with Gasteiger partial charge in [-0.05, 0) is 36.1 Å². The Labute approximate surface area is 109 Å². The lowest BCUT2D eigenvalue weighted by atomic mass is 9.95. The van der Waals surface area contributed by atoms with Crippen molar-refractivity contribution in [2.75, 3.05) is 0 Å². The molecular weight excluding hydrogens is 318 g/mol. The minimum atomic E-state index is 0.133. The molecule has 0 saturated heterocycles. The first-order valence-corrected chi connectivity index (χ1v) is 6.83. The molecule has 0 bridgehead atoms. The van der Waals surface area contributed by atoms with Crippen LogP contribution in [0.25, 0.3) is 0 Å². The molecule has 15 heavy (non-hydrogen) atoms. The van der Waals surface area contributed by atoms with Gasteiger partial charge in [0.1, 0.15) is 0 Å². The Bertz CT molecular complexity index is 305. The SMILES string of the molecule is CCC(C)CC(N)c1cc(Br)cc(Br)c1. The highest BCUT2D eigenvalue weighted by molar-refractivity contribution is 9.11. The van der Waals surface area contributed by atoms with Gasteiger partial charge in [0.05, 0.1) is 0 Å². The van der Waals surface area contributed by atoms with E-state index in [0.717, 1.165) is 15.4 Å². The van der Waals surface area contributed by atoms with Crippen LogP contribution in [-0.2, 0) is 0 Å². The van der Waals surface area contributed by atoms with E-state index in [-0.39, 0.29) is 6.04 Å². The second-order valence-corrected chi connectivity index (χ2v) is 5.89. The average Bonchev–Trinajstić information content (AvgIpc) is 2.16. The van der Waals surface area contributed by atoms with E-state index in [1.165, 1.54) is 12.0 Å². The topological polar surface area (TPSA) is 26.0 Å². The molecule has 2 N–H and O–H groups in total. The maximum absolute atomic E-state index is 6.17. The highest BCUT2D eigenvalue weighted by Crippen LogP contribution is 2.26. The van der Waals surface area contributed by atoms with E-state index < -0.39 is 0 Å². The molecule has 1 rings (SSSR count). The van der Waals surface area contributed by atoms with Gasteiger partial charge in [-0.15, -0.1) is 0 Å². The third kappa shape index (κ3) is 4.25. The zero-order valence-electron chi connectivity index (χ0n) is 9.13. The summed E-state index contributed by atoms with van der Waals surface area (Å²) < 4.78 is 2.15. The monoisotopic (exact) mass is 333 g/mol. The lowest BCUT2D eigenvalue weighted by molar-refractivity contribution is 0.461. The van der Waals surface area contributed by atoms with Crippen LogP contribution in [0.1, 0.15) is 38.3 Å². The molecule has 0 aliphatic rings. The summed E-state index contributed by atoms with van der Waals surface area (Å²) in [6.45, 7) is 4.45. The summed E-state index contributed by atoms with van der Waals surface area (Å²) in [6, 6.07) is 6.35. The lowest BCUT2D eigenvalue weighted by Crippen LogP contribution is -2.13. The fourth-order valence-electron chi connectivity index (χ4n) is 1.53. The van der Waals surface area contributed by atoms with Gasteiger partial charge in [0, 0.05) is 15.0 Å². The Kier molecular flexibility index (Phi) is 5.30. The molecule has 0 aliphatic heterocycles. The lowest BCUT2D eigenvalue weighted by Gasteiger charge is -2.16. The summed E-state index contributed by atoms with van der Waals surface area (Å²) >= 11 is 6.96. The molecule has 1 nitrogen and oxygen atoms in total. The Hall–Kier alpha value is 0.140. The highest BCUT2D eigenvalue weighted by Gasteiger charge is 2.11. The number of hydrogen-bond donors (Lipinski definition) is 1. The molecule has 0 saturated carbocycles. The van der Waals surface area contributed by atoms with E-state index in [9.17, 15) is 0 Å². The van der Waals surface area contributed by atoms with Crippen molar-refractivity contribution in [2.45, 2.75) is 32.7 Å². The van der Waals surface area contributed by atoms with Gasteiger partial charge in [0.15, 0.2) is 0 Å². The number of halogens is 2. The van der Waals surface area contributed by atoms with Crippen molar-refractivity contribution in [3.63, 3.8) is 0 Å². The molecule has 0 fully saturated rings. The van der Waals surface area contributed by atoms with Gasteiger partial charge in [-0.2, -0.15) is 0 Å². The van der Waals surface area contributed by atoms with Gasteiger partial charge in [-0.1, -0.05) is 52.1 Å². The first-order valence-electron chi connectivity index (χ1n) is 5.24. The van der Waals surface area contributed by atoms with Crippen molar-refractivity contribution in [3.8, 4) is 0 Å². The summed E-state index contributed by atoms with van der Waals surface area (Å²) in [5.41, 5.74) is 7.36. The Morgan fingerprint density at radius 1 is 1.20 bits per heavy atom. The van der Waals surface area contributed by atoms with Crippen LogP contribution in [0.5, 0.6) is 0 Å².